The average Bonchev–Trinajstić information content (AvgIpc) is 2.58. The van der Waals surface area contributed by atoms with Crippen molar-refractivity contribution in [2.75, 3.05) is 6.61 Å². The van der Waals surface area contributed by atoms with Gasteiger partial charge in [-0.25, -0.2) is 0 Å². The SMILES string of the molecule is CCc1cn(CCO)c2ccccc12. The number of para-hydroxylation sites is 1. The maximum absolute atomic E-state index is 8.94. The molecular formula is C12H15NO. The van der Waals surface area contributed by atoms with Gasteiger partial charge in [-0.15, -0.1) is 0 Å². The van der Waals surface area contributed by atoms with E-state index in [1.165, 1.54) is 16.5 Å². The number of hydrogen-bond acceptors (Lipinski definition) is 1. The van der Waals surface area contributed by atoms with Crippen molar-refractivity contribution in [3.05, 3.63) is 36.0 Å². The van der Waals surface area contributed by atoms with Crippen LogP contribution < -0.4 is 0 Å². The number of aliphatic hydroxyl groups excluding tert-OH is 1. The first kappa shape index (κ1) is 9.28. The van der Waals surface area contributed by atoms with E-state index in [4.69, 9.17) is 5.11 Å². The van der Waals surface area contributed by atoms with Crippen molar-refractivity contribution < 1.29 is 5.11 Å². The normalized spacial score (nSPS) is 11.0. The Bertz CT molecular complexity index is 431. The highest BCUT2D eigenvalue weighted by molar-refractivity contribution is 5.83. The molecule has 0 amide bonds. The molecule has 0 fully saturated rings. The molecular weight excluding hydrogens is 174 g/mol. The molecule has 0 aliphatic rings. The predicted octanol–water partition coefficient (Wildman–Crippen LogP) is 2.20. The molecule has 0 aliphatic carbocycles. The van der Waals surface area contributed by atoms with E-state index in [0.717, 1.165) is 6.42 Å². The van der Waals surface area contributed by atoms with Crippen LogP contribution in [0.25, 0.3) is 10.9 Å². The van der Waals surface area contributed by atoms with Crippen molar-refractivity contribution in [2.24, 2.45) is 0 Å². The van der Waals surface area contributed by atoms with Crippen LogP contribution in [0.2, 0.25) is 0 Å². The topological polar surface area (TPSA) is 25.2 Å². The van der Waals surface area contributed by atoms with Crippen LogP contribution in [-0.4, -0.2) is 16.3 Å². The highest BCUT2D eigenvalue weighted by Gasteiger charge is 2.04. The van der Waals surface area contributed by atoms with Crippen molar-refractivity contribution in [1.82, 2.24) is 4.57 Å². The highest BCUT2D eigenvalue weighted by atomic mass is 16.3. The molecule has 0 saturated heterocycles. The Morgan fingerprint density at radius 3 is 2.79 bits per heavy atom. The molecule has 0 spiro atoms. The number of aryl methyl sites for hydroxylation is 1. The summed E-state index contributed by atoms with van der Waals surface area (Å²) in [7, 11) is 0. The Labute approximate surface area is 83.8 Å². The second-order valence-corrected chi connectivity index (χ2v) is 3.44. The molecule has 0 aliphatic heterocycles. The molecule has 14 heavy (non-hydrogen) atoms. The number of aromatic nitrogens is 1. The first-order valence-electron chi connectivity index (χ1n) is 5.04. The number of benzene rings is 1. The van der Waals surface area contributed by atoms with Gasteiger partial charge in [0.05, 0.1) is 6.61 Å². The van der Waals surface area contributed by atoms with Gasteiger partial charge in [0.2, 0.25) is 0 Å². The summed E-state index contributed by atoms with van der Waals surface area (Å²) in [5.74, 6) is 0. The summed E-state index contributed by atoms with van der Waals surface area (Å²) in [4.78, 5) is 0. The van der Waals surface area contributed by atoms with Crippen molar-refractivity contribution in [3.63, 3.8) is 0 Å². The van der Waals surface area contributed by atoms with Crippen LogP contribution >= 0.6 is 0 Å². The molecule has 0 atom stereocenters. The van der Waals surface area contributed by atoms with Crippen LogP contribution in [0, 0.1) is 0 Å². The third-order valence-corrected chi connectivity index (χ3v) is 2.59. The molecule has 2 aromatic rings. The van der Waals surface area contributed by atoms with Gasteiger partial charge in [-0.2, -0.15) is 0 Å². The van der Waals surface area contributed by atoms with Gasteiger partial charge in [0, 0.05) is 23.6 Å². The van der Waals surface area contributed by atoms with E-state index in [1.807, 2.05) is 6.07 Å². The maximum atomic E-state index is 8.94. The zero-order valence-corrected chi connectivity index (χ0v) is 8.40. The van der Waals surface area contributed by atoms with Crippen molar-refractivity contribution >= 4 is 10.9 Å². The average molecular weight is 189 g/mol. The van der Waals surface area contributed by atoms with Crippen molar-refractivity contribution in [2.45, 2.75) is 19.9 Å². The lowest BCUT2D eigenvalue weighted by Crippen LogP contribution is -1.99. The minimum Gasteiger partial charge on any atom is -0.395 e. The third-order valence-electron chi connectivity index (χ3n) is 2.59. The van der Waals surface area contributed by atoms with Crippen LogP contribution in [0.1, 0.15) is 12.5 Å². The third kappa shape index (κ3) is 1.42. The number of aliphatic hydroxyl groups is 1. The van der Waals surface area contributed by atoms with E-state index >= 15 is 0 Å². The van der Waals surface area contributed by atoms with E-state index in [2.05, 4.69) is 35.9 Å². The number of nitrogens with zero attached hydrogens (tertiary/aromatic N) is 1. The number of rotatable bonds is 3. The first-order valence-corrected chi connectivity index (χ1v) is 5.04. The fourth-order valence-electron chi connectivity index (χ4n) is 1.90. The quantitative estimate of drug-likeness (QED) is 0.786. The van der Waals surface area contributed by atoms with Gasteiger partial charge < -0.3 is 9.67 Å². The molecule has 1 aromatic carbocycles. The van der Waals surface area contributed by atoms with Gasteiger partial charge in [-0.05, 0) is 18.1 Å². The van der Waals surface area contributed by atoms with E-state index in [0.29, 0.717) is 6.54 Å². The van der Waals surface area contributed by atoms with Crippen LogP contribution in [0.15, 0.2) is 30.5 Å². The Balaban J connectivity index is 2.61. The van der Waals surface area contributed by atoms with E-state index in [1.54, 1.807) is 0 Å². The molecule has 0 bridgehead atoms. The summed E-state index contributed by atoms with van der Waals surface area (Å²) in [6, 6.07) is 8.34. The fourth-order valence-corrected chi connectivity index (χ4v) is 1.90. The van der Waals surface area contributed by atoms with Crippen LogP contribution in [0.4, 0.5) is 0 Å². The lowest BCUT2D eigenvalue weighted by atomic mass is 10.1. The lowest BCUT2D eigenvalue weighted by molar-refractivity contribution is 0.278. The van der Waals surface area contributed by atoms with Gasteiger partial charge in [0.1, 0.15) is 0 Å². The molecule has 2 rings (SSSR count). The van der Waals surface area contributed by atoms with E-state index in [-0.39, 0.29) is 6.61 Å². The summed E-state index contributed by atoms with van der Waals surface area (Å²) in [6.45, 7) is 3.04. The van der Waals surface area contributed by atoms with Crippen LogP contribution in [0.3, 0.4) is 0 Å². The largest absolute Gasteiger partial charge is 0.395 e. The second kappa shape index (κ2) is 3.84. The maximum Gasteiger partial charge on any atom is 0.0610 e. The Morgan fingerprint density at radius 1 is 1.29 bits per heavy atom. The smallest absolute Gasteiger partial charge is 0.0610 e. The van der Waals surface area contributed by atoms with E-state index in [9.17, 15) is 0 Å². The summed E-state index contributed by atoms with van der Waals surface area (Å²) >= 11 is 0. The van der Waals surface area contributed by atoms with Gasteiger partial charge in [-0.3, -0.25) is 0 Å². The summed E-state index contributed by atoms with van der Waals surface area (Å²) in [5.41, 5.74) is 2.58. The molecule has 74 valence electrons. The summed E-state index contributed by atoms with van der Waals surface area (Å²) in [5, 5.41) is 10.2. The fraction of sp³-hybridized carbons (Fsp3) is 0.333. The van der Waals surface area contributed by atoms with Gasteiger partial charge in [0.15, 0.2) is 0 Å². The highest BCUT2D eigenvalue weighted by Crippen LogP contribution is 2.21. The standard InChI is InChI=1S/C12H15NO/c1-2-10-9-13(7-8-14)12-6-4-3-5-11(10)12/h3-6,9,14H,2,7-8H2,1H3. The zero-order valence-electron chi connectivity index (χ0n) is 8.40. The number of hydrogen-bond donors (Lipinski definition) is 1. The first-order chi connectivity index (χ1) is 6.86. The molecule has 0 unspecified atom stereocenters. The van der Waals surface area contributed by atoms with Gasteiger partial charge in [-0.1, -0.05) is 25.1 Å². The van der Waals surface area contributed by atoms with Crippen LogP contribution in [0.5, 0.6) is 0 Å². The van der Waals surface area contributed by atoms with Crippen molar-refractivity contribution in [3.8, 4) is 0 Å². The molecule has 0 saturated carbocycles. The molecule has 1 N–H and O–H groups in total. The molecule has 2 nitrogen and oxygen atoms in total. The number of fused-ring (bicyclic) bond motifs is 1. The minimum absolute atomic E-state index is 0.196. The minimum atomic E-state index is 0.196. The second-order valence-electron chi connectivity index (χ2n) is 3.44. The monoisotopic (exact) mass is 189 g/mol. The Kier molecular flexibility index (Phi) is 2.55. The molecule has 1 heterocycles. The Morgan fingerprint density at radius 2 is 2.07 bits per heavy atom. The van der Waals surface area contributed by atoms with Crippen molar-refractivity contribution in [1.29, 1.82) is 0 Å². The van der Waals surface area contributed by atoms with Crippen LogP contribution in [-0.2, 0) is 13.0 Å². The van der Waals surface area contributed by atoms with Gasteiger partial charge in [0.25, 0.3) is 0 Å². The summed E-state index contributed by atoms with van der Waals surface area (Å²) < 4.78 is 2.12. The van der Waals surface area contributed by atoms with E-state index < -0.39 is 0 Å². The lowest BCUT2D eigenvalue weighted by Gasteiger charge is -2.00. The van der Waals surface area contributed by atoms with Gasteiger partial charge >= 0.3 is 0 Å². The molecule has 1 aromatic heterocycles. The Hall–Kier alpha value is -1.28. The summed E-state index contributed by atoms with van der Waals surface area (Å²) in [6.07, 6.45) is 3.18. The predicted molar refractivity (Wildman–Crippen MR) is 58.4 cm³/mol. The molecule has 0 radical (unpaired) electrons. The molecule has 2 heteroatoms. The zero-order chi connectivity index (χ0) is 9.97.